The van der Waals surface area contributed by atoms with Crippen LogP contribution in [0.4, 0.5) is 10.1 Å². The second kappa shape index (κ2) is 9.57. The number of amides is 1. The maximum Gasteiger partial charge on any atom is 0.237 e. The van der Waals surface area contributed by atoms with Gasteiger partial charge in [0.1, 0.15) is 5.82 Å². The molecule has 4 atom stereocenters. The van der Waals surface area contributed by atoms with Crippen LogP contribution in [0.1, 0.15) is 58.8 Å². The van der Waals surface area contributed by atoms with Crippen molar-refractivity contribution in [1.82, 2.24) is 15.6 Å². The standard InChI is InChI=1S/C28H37FN4O/c1-4-6-22(31-28(34)25-7-5-14-32(25)3)15-19-8-9-20-16-26-24(18(2)27(19)20)17-30-33(26)23-12-10-21(29)11-13-23/h10-13,16-19,22,25,30H,4-9,14-15H2,1-3H3,(H,31,34)/t18-,19+,22?,25-/m0/s1. The fourth-order valence-electron chi connectivity index (χ4n) is 6.44. The largest absolute Gasteiger partial charge is 0.352 e. The van der Waals surface area contributed by atoms with E-state index in [0.29, 0.717) is 11.8 Å². The molecule has 0 radical (unpaired) electrons. The summed E-state index contributed by atoms with van der Waals surface area (Å²) < 4.78 is 13.4. The number of rotatable bonds is 7. The van der Waals surface area contributed by atoms with E-state index in [9.17, 15) is 9.18 Å². The number of hydrazine groups is 1. The number of halogens is 1. The molecule has 0 spiro atoms. The van der Waals surface area contributed by atoms with E-state index in [1.54, 1.807) is 5.57 Å². The summed E-state index contributed by atoms with van der Waals surface area (Å²) in [5.74, 6) is 0.822. The summed E-state index contributed by atoms with van der Waals surface area (Å²) in [5.41, 5.74) is 9.77. The Morgan fingerprint density at radius 1 is 1.26 bits per heavy atom. The number of likely N-dealkylation sites (N-methyl/N-ethyl adjacent to an activating group) is 1. The highest BCUT2D eigenvalue weighted by Crippen LogP contribution is 2.49. The van der Waals surface area contributed by atoms with Crippen LogP contribution in [0.15, 0.2) is 59.0 Å². The SMILES string of the molecule is CCCC(C[C@H]1CCC2=C1[C@@H](C)C1=CNN(c3ccc(F)cc3)C1=C2)NC(=O)[C@@H]1CCCN1C. The quantitative estimate of drug-likeness (QED) is 0.593. The highest BCUT2D eigenvalue weighted by molar-refractivity contribution is 5.82. The van der Waals surface area contributed by atoms with Gasteiger partial charge < -0.3 is 10.7 Å². The number of likely N-dealkylation sites (tertiary alicyclic amines) is 1. The monoisotopic (exact) mass is 464 g/mol. The van der Waals surface area contributed by atoms with Crippen LogP contribution in [-0.2, 0) is 4.79 Å². The summed E-state index contributed by atoms with van der Waals surface area (Å²) in [5, 5.41) is 5.48. The number of carbonyl (C=O) groups excluding carboxylic acids is 1. The number of benzene rings is 1. The van der Waals surface area contributed by atoms with Crippen molar-refractivity contribution in [1.29, 1.82) is 0 Å². The van der Waals surface area contributed by atoms with E-state index in [0.717, 1.165) is 57.2 Å². The Hall–Kier alpha value is -2.60. The number of nitrogens with one attached hydrogen (secondary N) is 2. The summed E-state index contributed by atoms with van der Waals surface area (Å²) in [4.78, 5) is 15.2. The van der Waals surface area contributed by atoms with Crippen molar-refractivity contribution in [2.24, 2.45) is 11.8 Å². The van der Waals surface area contributed by atoms with E-state index in [2.05, 4.69) is 53.8 Å². The Kier molecular flexibility index (Phi) is 6.52. The van der Waals surface area contributed by atoms with Gasteiger partial charge in [0.25, 0.3) is 0 Å². The summed E-state index contributed by atoms with van der Waals surface area (Å²) in [7, 11) is 2.06. The molecule has 0 aromatic heterocycles. The van der Waals surface area contributed by atoms with Crippen LogP contribution in [-0.4, -0.2) is 36.5 Å². The first kappa shape index (κ1) is 23.2. The third-order valence-electron chi connectivity index (χ3n) is 8.16. The fraction of sp³-hybridized carbons (Fsp3) is 0.536. The van der Waals surface area contributed by atoms with Crippen molar-refractivity contribution in [3.63, 3.8) is 0 Å². The van der Waals surface area contributed by atoms with E-state index >= 15 is 0 Å². The molecule has 6 heteroatoms. The Morgan fingerprint density at radius 3 is 2.76 bits per heavy atom. The van der Waals surface area contributed by atoms with Crippen LogP contribution < -0.4 is 15.8 Å². The first-order valence-electron chi connectivity index (χ1n) is 12.9. The first-order valence-corrected chi connectivity index (χ1v) is 12.9. The van der Waals surface area contributed by atoms with Gasteiger partial charge in [-0.15, -0.1) is 0 Å². The van der Waals surface area contributed by atoms with Crippen LogP contribution >= 0.6 is 0 Å². The van der Waals surface area contributed by atoms with Crippen LogP contribution in [0.5, 0.6) is 0 Å². The van der Waals surface area contributed by atoms with Gasteiger partial charge in [0.2, 0.25) is 5.91 Å². The number of hydrogen-bond donors (Lipinski definition) is 2. The third-order valence-corrected chi connectivity index (χ3v) is 8.16. The maximum absolute atomic E-state index is 13.4. The Balaban J connectivity index is 1.33. The van der Waals surface area contributed by atoms with Gasteiger partial charge in [0.15, 0.2) is 0 Å². The van der Waals surface area contributed by atoms with Crippen LogP contribution in [0, 0.1) is 17.7 Å². The molecule has 5 rings (SSSR count). The molecule has 2 N–H and O–H groups in total. The van der Waals surface area contributed by atoms with Crippen LogP contribution in [0.25, 0.3) is 0 Å². The fourth-order valence-corrected chi connectivity index (χ4v) is 6.44. The van der Waals surface area contributed by atoms with Crippen molar-refractivity contribution < 1.29 is 9.18 Å². The minimum Gasteiger partial charge on any atom is -0.352 e. The molecule has 0 bridgehead atoms. The second-order valence-corrected chi connectivity index (χ2v) is 10.4. The topological polar surface area (TPSA) is 47.6 Å². The van der Waals surface area contributed by atoms with Gasteiger partial charge in [-0.25, -0.2) is 4.39 Å². The lowest BCUT2D eigenvalue weighted by atomic mass is 9.78. The normalized spacial score (nSPS) is 27.2. The Bertz CT molecular complexity index is 1030. The maximum atomic E-state index is 13.4. The average Bonchev–Trinajstić information content (AvgIpc) is 3.54. The lowest BCUT2D eigenvalue weighted by Crippen LogP contribution is -2.46. The molecule has 2 aliphatic carbocycles. The van der Waals surface area contributed by atoms with E-state index in [-0.39, 0.29) is 23.8 Å². The molecule has 0 saturated carbocycles. The molecule has 1 saturated heterocycles. The van der Waals surface area contributed by atoms with Crippen molar-refractivity contribution >= 4 is 11.6 Å². The average molecular weight is 465 g/mol. The van der Waals surface area contributed by atoms with Gasteiger partial charge in [-0.1, -0.05) is 25.8 Å². The summed E-state index contributed by atoms with van der Waals surface area (Å²) in [6.07, 6.45) is 11.8. The van der Waals surface area contributed by atoms with Gasteiger partial charge >= 0.3 is 0 Å². The molecule has 182 valence electrons. The molecule has 1 aromatic carbocycles. The van der Waals surface area contributed by atoms with Gasteiger partial charge in [-0.05, 0) is 93.9 Å². The molecule has 4 aliphatic rings. The van der Waals surface area contributed by atoms with Crippen LogP contribution in [0.2, 0.25) is 0 Å². The summed E-state index contributed by atoms with van der Waals surface area (Å²) in [6, 6.07) is 6.89. The van der Waals surface area contributed by atoms with E-state index < -0.39 is 0 Å². The number of anilines is 1. The lowest BCUT2D eigenvalue weighted by molar-refractivity contribution is -0.125. The van der Waals surface area contributed by atoms with Crippen molar-refractivity contribution in [3.05, 3.63) is 64.8 Å². The van der Waals surface area contributed by atoms with Gasteiger partial charge in [-0.3, -0.25) is 14.7 Å². The molecule has 1 unspecified atom stereocenters. The highest BCUT2D eigenvalue weighted by Gasteiger charge is 2.39. The predicted molar refractivity (Wildman–Crippen MR) is 134 cm³/mol. The van der Waals surface area contributed by atoms with Gasteiger partial charge in [0.05, 0.1) is 17.4 Å². The summed E-state index contributed by atoms with van der Waals surface area (Å²) in [6.45, 7) is 5.53. The Morgan fingerprint density at radius 2 is 2.06 bits per heavy atom. The molecule has 5 nitrogen and oxygen atoms in total. The molecule has 2 aliphatic heterocycles. The van der Waals surface area contributed by atoms with E-state index in [1.165, 1.54) is 29.0 Å². The number of fused-ring (bicyclic) bond motifs is 1. The molecule has 1 amide bonds. The zero-order valence-electron chi connectivity index (χ0n) is 20.6. The third kappa shape index (κ3) is 4.28. The van der Waals surface area contributed by atoms with Crippen molar-refractivity contribution in [2.45, 2.75) is 70.9 Å². The second-order valence-electron chi connectivity index (χ2n) is 10.4. The number of carbonyl (C=O) groups is 1. The van der Waals surface area contributed by atoms with E-state index in [4.69, 9.17) is 0 Å². The molecule has 1 aromatic rings. The van der Waals surface area contributed by atoms with Crippen molar-refractivity contribution in [3.8, 4) is 0 Å². The molecular weight excluding hydrogens is 427 g/mol. The zero-order valence-corrected chi connectivity index (χ0v) is 20.6. The van der Waals surface area contributed by atoms with Gasteiger partial charge in [0, 0.05) is 23.7 Å². The molecule has 34 heavy (non-hydrogen) atoms. The zero-order chi connectivity index (χ0) is 23.8. The first-order chi connectivity index (χ1) is 16.5. The van der Waals surface area contributed by atoms with Gasteiger partial charge in [-0.2, -0.15) is 0 Å². The minimum atomic E-state index is -0.223. The van der Waals surface area contributed by atoms with Crippen molar-refractivity contribution in [2.75, 3.05) is 18.6 Å². The molecule has 2 heterocycles. The molecular formula is C28H37FN4O. The Labute approximate surface area is 202 Å². The molecule has 1 fully saturated rings. The summed E-state index contributed by atoms with van der Waals surface area (Å²) >= 11 is 0. The lowest BCUT2D eigenvalue weighted by Gasteiger charge is -2.31. The number of hydrogen-bond acceptors (Lipinski definition) is 4. The number of nitrogens with zero attached hydrogens (tertiary/aromatic N) is 2. The van der Waals surface area contributed by atoms with E-state index in [1.807, 2.05) is 12.1 Å². The smallest absolute Gasteiger partial charge is 0.237 e. The minimum absolute atomic E-state index is 0.0315. The highest BCUT2D eigenvalue weighted by atomic mass is 19.1. The van der Waals surface area contributed by atoms with Crippen LogP contribution in [0.3, 0.4) is 0 Å². The number of allylic oxidation sites excluding steroid dienone is 4. The predicted octanol–water partition coefficient (Wildman–Crippen LogP) is 5.04.